The summed E-state index contributed by atoms with van der Waals surface area (Å²) >= 11 is 0. The Morgan fingerprint density at radius 3 is 2.19 bits per heavy atom. The zero-order valence-corrected chi connectivity index (χ0v) is 14.9. The number of rotatable bonds is 7. The summed E-state index contributed by atoms with van der Waals surface area (Å²) in [5.74, 6) is -0.0895. The zero-order valence-electron chi connectivity index (χ0n) is 13.2. The zero-order chi connectivity index (χ0) is 19.5. The molecule has 0 aliphatic carbocycles. The van der Waals surface area contributed by atoms with Gasteiger partial charge in [-0.15, -0.1) is 0 Å². The van der Waals surface area contributed by atoms with Crippen LogP contribution in [0.15, 0.2) is 47.4 Å². The molecule has 4 N–H and O–H groups in total. The maximum absolute atomic E-state index is 12.4. The van der Waals surface area contributed by atoms with Crippen molar-refractivity contribution in [2.45, 2.75) is 4.90 Å². The standard InChI is InChI=1S/C13H14N4O7S2/c1-24-13-6-5-11(8-12(13)17(18)19)25(20,21)15-9-3-2-4-10(7-9)16-26(14,22)23/h2-8,15-16H,1H3,(H2,14,22,23). The van der Waals surface area contributed by atoms with Crippen molar-refractivity contribution in [1.29, 1.82) is 0 Å². The van der Waals surface area contributed by atoms with Gasteiger partial charge in [-0.25, -0.2) is 13.6 Å². The molecule has 0 bridgehead atoms. The average molecular weight is 402 g/mol. The van der Waals surface area contributed by atoms with E-state index in [2.05, 4.69) is 4.72 Å². The summed E-state index contributed by atoms with van der Waals surface area (Å²) in [5, 5.41) is 15.9. The van der Waals surface area contributed by atoms with Crippen molar-refractivity contribution in [2.24, 2.45) is 5.14 Å². The van der Waals surface area contributed by atoms with Crippen LogP contribution in [0, 0.1) is 10.1 Å². The van der Waals surface area contributed by atoms with Gasteiger partial charge in [0.05, 0.1) is 28.3 Å². The molecule has 13 heteroatoms. The third-order valence-corrected chi connectivity index (χ3v) is 4.93. The minimum Gasteiger partial charge on any atom is -0.490 e. The molecule has 0 amide bonds. The van der Waals surface area contributed by atoms with Crippen LogP contribution in [0.5, 0.6) is 5.75 Å². The van der Waals surface area contributed by atoms with E-state index in [4.69, 9.17) is 9.88 Å². The second-order valence-corrected chi connectivity index (χ2v) is 7.90. The lowest BCUT2D eigenvalue weighted by atomic mass is 10.3. The molecule has 0 aromatic heterocycles. The second kappa shape index (κ2) is 7.15. The molecule has 0 heterocycles. The van der Waals surface area contributed by atoms with Crippen molar-refractivity contribution < 1.29 is 26.5 Å². The van der Waals surface area contributed by atoms with Crippen LogP contribution in [-0.4, -0.2) is 28.9 Å². The number of nitro benzene ring substituents is 1. The molecule has 2 rings (SSSR count). The van der Waals surface area contributed by atoms with Crippen molar-refractivity contribution in [3.63, 3.8) is 0 Å². The van der Waals surface area contributed by atoms with E-state index < -0.39 is 30.8 Å². The van der Waals surface area contributed by atoms with Crippen LogP contribution >= 0.6 is 0 Å². The van der Waals surface area contributed by atoms with Crippen molar-refractivity contribution in [3.05, 3.63) is 52.6 Å². The van der Waals surface area contributed by atoms with E-state index >= 15 is 0 Å². The first-order valence-corrected chi connectivity index (χ1v) is 9.80. The predicted octanol–water partition coefficient (Wildman–Crippen LogP) is 1.02. The largest absolute Gasteiger partial charge is 0.490 e. The van der Waals surface area contributed by atoms with Crippen molar-refractivity contribution in [2.75, 3.05) is 16.6 Å². The number of nitrogens with zero attached hydrogens (tertiary/aromatic N) is 1. The minimum absolute atomic E-state index is 0.0251. The molecule has 140 valence electrons. The summed E-state index contributed by atoms with van der Waals surface area (Å²) in [6.45, 7) is 0. The molecule has 0 aliphatic heterocycles. The monoisotopic (exact) mass is 402 g/mol. The quantitative estimate of drug-likeness (QED) is 0.458. The van der Waals surface area contributed by atoms with Crippen LogP contribution in [0.1, 0.15) is 0 Å². The van der Waals surface area contributed by atoms with Gasteiger partial charge in [0.2, 0.25) is 0 Å². The van der Waals surface area contributed by atoms with Crippen molar-refractivity contribution in [1.82, 2.24) is 0 Å². The maximum Gasteiger partial charge on any atom is 0.312 e. The van der Waals surface area contributed by atoms with Crippen molar-refractivity contribution in [3.8, 4) is 5.75 Å². The van der Waals surface area contributed by atoms with Gasteiger partial charge in [-0.05, 0) is 30.3 Å². The number of methoxy groups -OCH3 is 1. The molecule has 11 nitrogen and oxygen atoms in total. The van der Waals surface area contributed by atoms with Crippen LogP contribution in [0.25, 0.3) is 0 Å². The van der Waals surface area contributed by atoms with Crippen LogP contribution in [0.4, 0.5) is 17.1 Å². The molecule has 0 spiro atoms. The fourth-order valence-corrected chi connectivity index (χ4v) is 3.53. The lowest BCUT2D eigenvalue weighted by molar-refractivity contribution is -0.386. The third kappa shape index (κ3) is 4.81. The number of hydrogen-bond donors (Lipinski definition) is 3. The molecule has 2 aromatic rings. The van der Waals surface area contributed by atoms with Gasteiger partial charge in [0.25, 0.3) is 20.2 Å². The van der Waals surface area contributed by atoms with E-state index in [1.54, 1.807) is 0 Å². The van der Waals surface area contributed by atoms with Gasteiger partial charge < -0.3 is 4.74 Å². The summed E-state index contributed by atoms with van der Waals surface area (Å²) in [6.07, 6.45) is 0. The Balaban J connectivity index is 2.36. The summed E-state index contributed by atoms with van der Waals surface area (Å²) in [7, 11) is -6.98. The summed E-state index contributed by atoms with van der Waals surface area (Å²) < 4.78 is 55.9. The third-order valence-electron chi connectivity index (χ3n) is 3.03. The van der Waals surface area contributed by atoms with Crippen LogP contribution in [-0.2, 0) is 20.2 Å². The molecule has 0 saturated carbocycles. The van der Waals surface area contributed by atoms with Crippen LogP contribution < -0.4 is 19.3 Å². The highest BCUT2D eigenvalue weighted by atomic mass is 32.2. The van der Waals surface area contributed by atoms with Gasteiger partial charge in [-0.3, -0.25) is 19.6 Å². The Labute approximate surface area is 149 Å². The topological polar surface area (TPSA) is 171 Å². The molecule has 0 radical (unpaired) electrons. The smallest absolute Gasteiger partial charge is 0.312 e. The lowest BCUT2D eigenvalue weighted by Crippen LogP contribution is -2.21. The van der Waals surface area contributed by atoms with Crippen LogP contribution in [0.2, 0.25) is 0 Å². The lowest BCUT2D eigenvalue weighted by Gasteiger charge is -2.10. The molecule has 0 saturated heterocycles. The summed E-state index contributed by atoms with van der Waals surface area (Å²) in [4.78, 5) is 9.89. The molecule has 0 fully saturated rings. The van der Waals surface area contributed by atoms with E-state index in [1.807, 2.05) is 4.72 Å². The highest BCUT2D eigenvalue weighted by Gasteiger charge is 2.22. The van der Waals surface area contributed by atoms with E-state index in [9.17, 15) is 26.9 Å². The number of ether oxygens (including phenoxy) is 1. The molecule has 0 unspecified atom stereocenters. The molecule has 0 atom stereocenters. The van der Waals surface area contributed by atoms with Gasteiger partial charge >= 0.3 is 5.69 Å². The summed E-state index contributed by atoms with van der Waals surface area (Å²) in [6, 6.07) is 8.46. The molecule has 2 aromatic carbocycles. The summed E-state index contributed by atoms with van der Waals surface area (Å²) in [5.41, 5.74) is -0.453. The number of nitrogens with one attached hydrogen (secondary N) is 2. The number of hydrogen-bond acceptors (Lipinski definition) is 7. The Kier molecular flexibility index (Phi) is 5.34. The average Bonchev–Trinajstić information content (AvgIpc) is 2.52. The van der Waals surface area contributed by atoms with Crippen LogP contribution in [0.3, 0.4) is 0 Å². The maximum atomic E-state index is 12.4. The molecule has 26 heavy (non-hydrogen) atoms. The Bertz CT molecular complexity index is 1050. The van der Waals surface area contributed by atoms with E-state index in [0.29, 0.717) is 0 Å². The normalized spacial score (nSPS) is 11.6. The number of nitrogens with two attached hydrogens (primary N) is 1. The Hall–Kier alpha value is -2.90. The first kappa shape index (κ1) is 19.4. The Morgan fingerprint density at radius 1 is 1.04 bits per heavy atom. The first-order chi connectivity index (χ1) is 12.0. The van der Waals surface area contributed by atoms with Gasteiger partial charge in [-0.1, -0.05) is 6.07 Å². The van der Waals surface area contributed by atoms with Gasteiger partial charge in [0.15, 0.2) is 5.75 Å². The number of nitro groups is 1. The second-order valence-electron chi connectivity index (χ2n) is 4.92. The number of benzene rings is 2. The van der Waals surface area contributed by atoms with E-state index in [0.717, 1.165) is 18.2 Å². The predicted molar refractivity (Wildman–Crippen MR) is 93.6 cm³/mol. The number of anilines is 2. The fraction of sp³-hybridized carbons (Fsp3) is 0.0769. The fourth-order valence-electron chi connectivity index (χ4n) is 2.00. The van der Waals surface area contributed by atoms with Crippen molar-refractivity contribution >= 4 is 37.3 Å². The van der Waals surface area contributed by atoms with E-state index in [1.165, 1.54) is 31.4 Å². The highest BCUT2D eigenvalue weighted by Crippen LogP contribution is 2.30. The SMILES string of the molecule is COc1ccc(S(=O)(=O)Nc2cccc(NS(N)(=O)=O)c2)cc1[N+](=O)[O-]. The molecular weight excluding hydrogens is 388 g/mol. The van der Waals surface area contributed by atoms with Gasteiger partial charge in [0, 0.05) is 6.07 Å². The van der Waals surface area contributed by atoms with Gasteiger partial charge in [0.1, 0.15) is 0 Å². The van der Waals surface area contributed by atoms with E-state index in [-0.39, 0.29) is 22.0 Å². The highest BCUT2D eigenvalue weighted by molar-refractivity contribution is 7.92. The molecular formula is C13H14N4O7S2. The first-order valence-electron chi connectivity index (χ1n) is 6.78. The van der Waals surface area contributed by atoms with Gasteiger partial charge in [-0.2, -0.15) is 8.42 Å². The Morgan fingerprint density at radius 2 is 1.65 bits per heavy atom. The minimum atomic E-state index is -4.17. The number of sulfonamides is 1. The molecule has 0 aliphatic rings.